The lowest BCUT2D eigenvalue weighted by atomic mass is 9.80. The summed E-state index contributed by atoms with van der Waals surface area (Å²) in [4.78, 5) is 0. The predicted molar refractivity (Wildman–Crippen MR) is 198 cm³/mol. The van der Waals surface area contributed by atoms with Crippen molar-refractivity contribution in [3.8, 4) is 0 Å². The molecule has 0 bridgehead atoms. The molecule has 3 aromatic carbocycles. The van der Waals surface area contributed by atoms with Gasteiger partial charge in [-0.25, -0.2) is 0 Å². The number of methoxy groups -OCH3 is 2. The fourth-order valence-electron chi connectivity index (χ4n) is 8.09. The average Bonchev–Trinajstić information content (AvgIpc) is 3.82. The molecule has 4 fully saturated rings. The van der Waals surface area contributed by atoms with Crippen LogP contribution in [0.25, 0.3) is 0 Å². The molecule has 0 aromatic heterocycles. The van der Waals surface area contributed by atoms with Crippen molar-refractivity contribution in [1.29, 1.82) is 0 Å². The van der Waals surface area contributed by atoms with Gasteiger partial charge in [0.05, 0.1) is 13.2 Å². The number of hydrogen-bond acceptors (Lipinski definition) is 13. The number of nitrogens with zero attached hydrogens (tertiary/aromatic N) is 1. The predicted octanol–water partition coefficient (Wildman–Crippen LogP) is 5.75. The molecule has 8 atom stereocenters. The number of ether oxygens (including phenoxy) is 11. The Morgan fingerprint density at radius 3 is 1.73 bits per heavy atom. The van der Waals surface area contributed by atoms with E-state index in [9.17, 15) is 5.21 Å². The van der Waals surface area contributed by atoms with Crippen LogP contribution in [0.2, 0.25) is 0 Å². The van der Waals surface area contributed by atoms with E-state index in [1.165, 1.54) is 14.2 Å². The molecule has 0 aliphatic carbocycles. The molecule has 4 aliphatic rings. The fraction of sp³-hybridized carbons (Fsp3) is 0.548. The quantitative estimate of drug-likeness (QED) is 0.0985. The van der Waals surface area contributed by atoms with Gasteiger partial charge in [0.1, 0.15) is 54.0 Å². The van der Waals surface area contributed by atoms with Crippen LogP contribution in [0.4, 0.5) is 0 Å². The van der Waals surface area contributed by atoms with E-state index >= 15 is 0 Å². The summed E-state index contributed by atoms with van der Waals surface area (Å²) in [6.45, 7) is 11.0. The van der Waals surface area contributed by atoms with Crippen molar-refractivity contribution < 1.29 is 57.3 Å². The van der Waals surface area contributed by atoms with Crippen molar-refractivity contribution in [2.75, 3.05) is 27.4 Å². The zero-order chi connectivity index (χ0) is 39.0. The van der Waals surface area contributed by atoms with Gasteiger partial charge in [0.25, 0.3) is 0 Å². The highest BCUT2D eigenvalue weighted by Gasteiger charge is 2.59. The second-order valence-corrected chi connectivity index (χ2v) is 15.5. The Bertz CT molecular complexity index is 1640. The van der Waals surface area contributed by atoms with Crippen LogP contribution in [0.1, 0.15) is 58.2 Å². The molecule has 0 spiro atoms. The van der Waals surface area contributed by atoms with Crippen LogP contribution < -0.4 is 0 Å². The average molecular weight is 764 g/mol. The van der Waals surface area contributed by atoms with Gasteiger partial charge in [0, 0.05) is 14.2 Å². The highest BCUT2D eigenvalue weighted by Crippen LogP contribution is 2.44. The van der Waals surface area contributed by atoms with Crippen molar-refractivity contribution in [2.45, 2.75) is 120 Å². The first-order valence-corrected chi connectivity index (χ1v) is 18.7. The number of hydrogen-bond donors (Lipinski definition) is 1. The van der Waals surface area contributed by atoms with E-state index in [0.29, 0.717) is 0 Å². The molecule has 4 heterocycles. The maximum Gasteiger partial charge on any atom is 0.204 e. The first-order chi connectivity index (χ1) is 26.3. The smallest absolute Gasteiger partial charge is 0.204 e. The van der Waals surface area contributed by atoms with Gasteiger partial charge in [-0.1, -0.05) is 96.2 Å². The van der Waals surface area contributed by atoms with E-state index in [4.69, 9.17) is 52.1 Å². The largest absolute Gasteiger partial charge is 0.411 e. The molecule has 1 N–H and O–H groups in total. The van der Waals surface area contributed by atoms with Gasteiger partial charge in [0.2, 0.25) is 6.29 Å². The van der Waals surface area contributed by atoms with Crippen LogP contribution in [0, 0.1) is 0 Å². The summed E-state index contributed by atoms with van der Waals surface area (Å²) in [6.07, 6.45) is -7.58. The second kappa shape index (κ2) is 15.9. The van der Waals surface area contributed by atoms with E-state index in [-0.39, 0.29) is 18.9 Å². The molecule has 0 saturated carbocycles. The molecule has 4 saturated heterocycles. The van der Waals surface area contributed by atoms with Crippen LogP contribution in [0.5, 0.6) is 0 Å². The number of rotatable bonds is 13. The summed E-state index contributed by atoms with van der Waals surface area (Å²) >= 11 is 0. The minimum absolute atomic E-state index is 0.0206. The van der Waals surface area contributed by atoms with Gasteiger partial charge in [0.15, 0.2) is 23.7 Å². The summed E-state index contributed by atoms with van der Waals surface area (Å²) in [5.41, 5.74) is 1.81. The van der Waals surface area contributed by atoms with Crippen LogP contribution in [-0.2, 0) is 57.7 Å². The first-order valence-electron chi connectivity index (χ1n) is 18.7. The molecule has 55 heavy (non-hydrogen) atoms. The standard InChI is InChI=1S/C42H53NO12/c1-39(2)47-25-30(51-39)32(35-36(38(45-7)46-8)55-41(5,6)54-35)50-37-31(43-44)34-33(52-40(3,4)53-34)29(49-37)24-48-42(26-18-12-9-13-19-26,27-20-14-10-15-21-27)28-22-16-11-17-23-28/h9-23,29-30,32-38,44H,24-25H2,1-8H3/b43-31-/t29-,30-,32-,33+,34-,35+,36-,37+/m1/s1. The van der Waals surface area contributed by atoms with Crippen molar-refractivity contribution in [1.82, 2.24) is 0 Å². The summed E-state index contributed by atoms with van der Waals surface area (Å²) in [6, 6.07) is 30.2. The summed E-state index contributed by atoms with van der Waals surface area (Å²) in [5.74, 6) is -3.00. The summed E-state index contributed by atoms with van der Waals surface area (Å²) in [5, 5.41) is 14.3. The highest BCUT2D eigenvalue weighted by atomic mass is 16.8. The van der Waals surface area contributed by atoms with Crippen molar-refractivity contribution in [3.05, 3.63) is 108 Å². The maximum absolute atomic E-state index is 10.6. The Kier molecular flexibility index (Phi) is 11.5. The third kappa shape index (κ3) is 8.12. The maximum atomic E-state index is 10.6. The molecule has 298 valence electrons. The van der Waals surface area contributed by atoms with Gasteiger partial charge in [-0.2, -0.15) is 0 Å². The van der Waals surface area contributed by atoms with Gasteiger partial charge >= 0.3 is 0 Å². The van der Waals surface area contributed by atoms with Crippen LogP contribution in [0.3, 0.4) is 0 Å². The van der Waals surface area contributed by atoms with E-state index < -0.39 is 78.3 Å². The fourth-order valence-corrected chi connectivity index (χ4v) is 8.09. The number of fused-ring (bicyclic) bond motifs is 1. The molecular formula is C42H53NO12. The molecule has 3 aromatic rings. The van der Waals surface area contributed by atoms with E-state index in [0.717, 1.165) is 16.7 Å². The number of benzene rings is 3. The Morgan fingerprint density at radius 1 is 0.709 bits per heavy atom. The minimum Gasteiger partial charge on any atom is -0.411 e. The van der Waals surface area contributed by atoms with Crippen LogP contribution in [-0.4, -0.2) is 111 Å². The Morgan fingerprint density at radius 2 is 1.24 bits per heavy atom. The summed E-state index contributed by atoms with van der Waals surface area (Å²) in [7, 11) is 3.05. The molecule has 4 aliphatic heterocycles. The Hall–Kier alpha value is -3.31. The monoisotopic (exact) mass is 763 g/mol. The normalized spacial score (nSPS) is 31.1. The summed E-state index contributed by atoms with van der Waals surface area (Å²) < 4.78 is 70.3. The molecular weight excluding hydrogens is 710 g/mol. The molecule has 13 nitrogen and oxygen atoms in total. The first kappa shape index (κ1) is 39.9. The van der Waals surface area contributed by atoms with E-state index in [2.05, 4.69) is 41.6 Å². The van der Waals surface area contributed by atoms with Gasteiger partial charge in [-0.05, 0) is 58.2 Å². The third-order valence-corrected chi connectivity index (χ3v) is 10.3. The molecule has 7 rings (SSSR count). The van der Waals surface area contributed by atoms with E-state index in [1.54, 1.807) is 27.7 Å². The van der Waals surface area contributed by atoms with Gasteiger partial charge in [-0.3, -0.25) is 0 Å². The third-order valence-electron chi connectivity index (χ3n) is 10.3. The SMILES string of the molecule is COC(OC)[C@@H]1OC(C)(C)O[C@H]1[C@H](O[C@@H]1O[C@H](COC(c2ccccc2)(c2ccccc2)c2ccccc2)[C@@H]2OC(C)(C)O[C@@H]2/C1=N/O)[C@H]1COC(C)(C)O1. The van der Waals surface area contributed by atoms with Crippen molar-refractivity contribution in [3.63, 3.8) is 0 Å². The van der Waals surface area contributed by atoms with Crippen molar-refractivity contribution in [2.24, 2.45) is 5.16 Å². The lowest BCUT2D eigenvalue weighted by Crippen LogP contribution is -2.59. The molecule has 0 radical (unpaired) electrons. The van der Waals surface area contributed by atoms with Crippen LogP contribution >= 0.6 is 0 Å². The van der Waals surface area contributed by atoms with Crippen molar-refractivity contribution >= 4 is 5.71 Å². The minimum atomic E-state index is -1.27. The highest BCUT2D eigenvalue weighted by molar-refractivity contribution is 5.93. The second-order valence-electron chi connectivity index (χ2n) is 15.5. The topological polar surface area (TPSA) is 134 Å². The Labute approximate surface area is 322 Å². The zero-order valence-corrected chi connectivity index (χ0v) is 32.7. The van der Waals surface area contributed by atoms with Gasteiger partial charge in [-0.15, -0.1) is 0 Å². The molecule has 0 unspecified atom stereocenters. The lowest BCUT2D eigenvalue weighted by molar-refractivity contribution is -0.255. The Balaban J connectivity index is 1.27. The molecule has 0 amide bonds. The zero-order valence-electron chi connectivity index (χ0n) is 32.7. The van der Waals surface area contributed by atoms with Gasteiger partial charge < -0.3 is 57.3 Å². The molecule has 13 heteroatoms. The van der Waals surface area contributed by atoms with E-state index in [1.807, 2.05) is 68.4 Å². The lowest BCUT2D eigenvalue weighted by Gasteiger charge is -2.42. The number of oxime groups is 1. The van der Waals surface area contributed by atoms with Crippen LogP contribution in [0.15, 0.2) is 96.2 Å².